The van der Waals surface area contributed by atoms with E-state index in [1.54, 1.807) is 0 Å². The van der Waals surface area contributed by atoms with Crippen molar-refractivity contribution in [3.63, 3.8) is 0 Å². The summed E-state index contributed by atoms with van der Waals surface area (Å²) in [6.07, 6.45) is 1.93. The Bertz CT molecular complexity index is 190. The van der Waals surface area contributed by atoms with Crippen LogP contribution in [0.3, 0.4) is 0 Å². The third kappa shape index (κ3) is 2.98. The fourth-order valence-electron chi connectivity index (χ4n) is 2.15. The van der Waals surface area contributed by atoms with Gasteiger partial charge in [0.15, 0.2) is 0 Å². The molecule has 1 aliphatic heterocycles. The molecule has 0 aromatic rings. The molecule has 1 aliphatic rings. The number of likely N-dealkylation sites (tertiary alicyclic amines) is 1. The standard InChI is InChI=1S/C11H22N2O/c1-4-13(5-2)11(14)8-10-6-7-12(3)9-10/h10H,4-9H2,1-3H3. The van der Waals surface area contributed by atoms with Crippen molar-refractivity contribution >= 4 is 5.91 Å². The number of nitrogens with zero attached hydrogens (tertiary/aromatic N) is 2. The number of rotatable bonds is 4. The van der Waals surface area contributed by atoms with E-state index in [0.29, 0.717) is 11.8 Å². The van der Waals surface area contributed by atoms with Crippen LogP contribution in [0.15, 0.2) is 0 Å². The van der Waals surface area contributed by atoms with Gasteiger partial charge in [-0.2, -0.15) is 0 Å². The minimum Gasteiger partial charge on any atom is -0.343 e. The fraction of sp³-hybridized carbons (Fsp3) is 0.909. The number of amides is 1. The molecule has 82 valence electrons. The van der Waals surface area contributed by atoms with E-state index in [1.165, 1.54) is 6.42 Å². The zero-order valence-corrected chi connectivity index (χ0v) is 9.62. The Labute approximate surface area is 87.1 Å². The van der Waals surface area contributed by atoms with Gasteiger partial charge in [0.1, 0.15) is 0 Å². The summed E-state index contributed by atoms with van der Waals surface area (Å²) in [6, 6.07) is 0. The predicted octanol–water partition coefficient (Wildman–Crippen LogP) is 1.20. The van der Waals surface area contributed by atoms with Crippen LogP contribution in [0.25, 0.3) is 0 Å². The molecule has 0 spiro atoms. The molecule has 3 nitrogen and oxygen atoms in total. The summed E-state index contributed by atoms with van der Waals surface area (Å²) in [7, 11) is 2.13. The highest BCUT2D eigenvalue weighted by Crippen LogP contribution is 2.18. The Morgan fingerprint density at radius 3 is 2.50 bits per heavy atom. The Kier molecular flexibility index (Phi) is 4.39. The van der Waals surface area contributed by atoms with E-state index in [2.05, 4.69) is 11.9 Å². The first-order valence-corrected chi connectivity index (χ1v) is 5.63. The summed E-state index contributed by atoms with van der Waals surface area (Å²) in [5, 5.41) is 0. The van der Waals surface area contributed by atoms with Gasteiger partial charge in [-0.05, 0) is 39.8 Å². The molecule has 0 saturated carbocycles. The smallest absolute Gasteiger partial charge is 0.222 e. The molecule has 0 aromatic heterocycles. The van der Waals surface area contributed by atoms with Crippen LogP contribution in [-0.2, 0) is 4.79 Å². The second kappa shape index (κ2) is 5.35. The van der Waals surface area contributed by atoms with Crippen LogP contribution < -0.4 is 0 Å². The summed E-state index contributed by atoms with van der Waals surface area (Å²) < 4.78 is 0. The molecular formula is C11H22N2O. The van der Waals surface area contributed by atoms with Crippen LogP contribution in [-0.4, -0.2) is 48.9 Å². The van der Waals surface area contributed by atoms with E-state index in [1.807, 2.05) is 18.7 Å². The zero-order valence-electron chi connectivity index (χ0n) is 9.62. The van der Waals surface area contributed by atoms with E-state index < -0.39 is 0 Å². The van der Waals surface area contributed by atoms with Gasteiger partial charge < -0.3 is 9.80 Å². The van der Waals surface area contributed by atoms with Crippen molar-refractivity contribution < 1.29 is 4.79 Å². The molecule has 0 aliphatic carbocycles. The van der Waals surface area contributed by atoms with E-state index in [4.69, 9.17) is 0 Å². The fourth-order valence-corrected chi connectivity index (χ4v) is 2.15. The van der Waals surface area contributed by atoms with Crippen LogP contribution in [0, 0.1) is 5.92 Å². The van der Waals surface area contributed by atoms with Crippen molar-refractivity contribution in [3.05, 3.63) is 0 Å². The maximum Gasteiger partial charge on any atom is 0.222 e. The van der Waals surface area contributed by atoms with Crippen LogP contribution in [0.4, 0.5) is 0 Å². The summed E-state index contributed by atoms with van der Waals surface area (Å²) in [6.45, 7) is 8.02. The van der Waals surface area contributed by atoms with Crippen LogP contribution in [0.2, 0.25) is 0 Å². The zero-order chi connectivity index (χ0) is 10.6. The minimum absolute atomic E-state index is 0.329. The average Bonchev–Trinajstić information content (AvgIpc) is 2.53. The van der Waals surface area contributed by atoms with Gasteiger partial charge in [0.25, 0.3) is 0 Å². The topological polar surface area (TPSA) is 23.6 Å². The molecule has 1 rings (SSSR count). The maximum atomic E-state index is 11.8. The largest absolute Gasteiger partial charge is 0.343 e. The first-order chi connectivity index (χ1) is 6.67. The molecule has 1 atom stereocenters. The first kappa shape index (κ1) is 11.5. The minimum atomic E-state index is 0.329. The number of carbonyl (C=O) groups is 1. The molecule has 1 saturated heterocycles. The quantitative estimate of drug-likeness (QED) is 0.677. The van der Waals surface area contributed by atoms with Crippen molar-refractivity contribution in [2.45, 2.75) is 26.7 Å². The number of carbonyl (C=O) groups excluding carboxylic acids is 1. The highest BCUT2D eigenvalue weighted by Gasteiger charge is 2.23. The van der Waals surface area contributed by atoms with Gasteiger partial charge in [-0.1, -0.05) is 0 Å². The average molecular weight is 198 g/mol. The molecule has 1 heterocycles. The van der Waals surface area contributed by atoms with Gasteiger partial charge in [0, 0.05) is 26.1 Å². The van der Waals surface area contributed by atoms with E-state index >= 15 is 0 Å². The lowest BCUT2D eigenvalue weighted by atomic mass is 10.0. The lowest BCUT2D eigenvalue weighted by Gasteiger charge is -2.20. The molecule has 1 amide bonds. The SMILES string of the molecule is CCN(CC)C(=O)CC1CCN(C)C1. The summed E-state index contributed by atoms with van der Waals surface area (Å²) in [5.41, 5.74) is 0. The van der Waals surface area contributed by atoms with Crippen molar-refractivity contribution in [1.82, 2.24) is 9.80 Å². The lowest BCUT2D eigenvalue weighted by molar-refractivity contribution is -0.131. The number of hydrogen-bond donors (Lipinski definition) is 0. The normalized spacial score (nSPS) is 22.6. The molecule has 0 N–H and O–H groups in total. The molecule has 0 bridgehead atoms. The van der Waals surface area contributed by atoms with Crippen molar-refractivity contribution in [2.75, 3.05) is 33.2 Å². The maximum absolute atomic E-state index is 11.8. The summed E-state index contributed by atoms with van der Waals surface area (Å²) in [4.78, 5) is 16.0. The van der Waals surface area contributed by atoms with Gasteiger partial charge in [-0.25, -0.2) is 0 Å². The predicted molar refractivity (Wildman–Crippen MR) is 58.1 cm³/mol. The van der Waals surface area contributed by atoms with Crippen molar-refractivity contribution in [1.29, 1.82) is 0 Å². The highest BCUT2D eigenvalue weighted by molar-refractivity contribution is 5.76. The van der Waals surface area contributed by atoms with Gasteiger partial charge in [0.05, 0.1) is 0 Å². The van der Waals surface area contributed by atoms with E-state index in [9.17, 15) is 4.79 Å². The summed E-state index contributed by atoms with van der Waals surface area (Å²) in [5.74, 6) is 0.920. The molecule has 0 radical (unpaired) electrons. The Morgan fingerprint density at radius 2 is 2.07 bits per heavy atom. The number of hydrogen-bond acceptors (Lipinski definition) is 2. The molecular weight excluding hydrogens is 176 g/mol. The monoisotopic (exact) mass is 198 g/mol. The first-order valence-electron chi connectivity index (χ1n) is 5.63. The molecule has 3 heteroatoms. The third-order valence-corrected chi connectivity index (χ3v) is 3.07. The van der Waals surface area contributed by atoms with Gasteiger partial charge in [-0.15, -0.1) is 0 Å². The molecule has 1 fully saturated rings. The van der Waals surface area contributed by atoms with E-state index in [-0.39, 0.29) is 0 Å². The third-order valence-electron chi connectivity index (χ3n) is 3.07. The second-order valence-corrected chi connectivity index (χ2v) is 4.19. The molecule has 1 unspecified atom stereocenters. The van der Waals surface area contributed by atoms with Crippen LogP contribution in [0.5, 0.6) is 0 Å². The van der Waals surface area contributed by atoms with Crippen molar-refractivity contribution in [3.8, 4) is 0 Å². The molecule has 14 heavy (non-hydrogen) atoms. The van der Waals surface area contributed by atoms with Crippen LogP contribution >= 0.6 is 0 Å². The summed E-state index contributed by atoms with van der Waals surface area (Å²) >= 11 is 0. The van der Waals surface area contributed by atoms with Gasteiger partial charge in [0.2, 0.25) is 5.91 Å². The van der Waals surface area contributed by atoms with E-state index in [0.717, 1.165) is 32.6 Å². The van der Waals surface area contributed by atoms with Gasteiger partial charge >= 0.3 is 0 Å². The Balaban J connectivity index is 2.32. The van der Waals surface area contributed by atoms with Crippen LogP contribution in [0.1, 0.15) is 26.7 Å². The lowest BCUT2D eigenvalue weighted by Crippen LogP contribution is -2.32. The molecule has 0 aromatic carbocycles. The Morgan fingerprint density at radius 1 is 1.43 bits per heavy atom. The Hall–Kier alpha value is -0.570. The van der Waals surface area contributed by atoms with Gasteiger partial charge in [-0.3, -0.25) is 4.79 Å². The highest BCUT2D eigenvalue weighted by atomic mass is 16.2. The van der Waals surface area contributed by atoms with Crippen molar-refractivity contribution in [2.24, 2.45) is 5.92 Å². The second-order valence-electron chi connectivity index (χ2n) is 4.19.